The standard InChI is InChI=1S/C12H20O2Si/c1-10(2)15(4,5)14-12-9-7-6-8-11(12)13-3/h6-10H,1-5H3. The van der Waals surface area contributed by atoms with Crippen LogP contribution in [0.15, 0.2) is 24.3 Å². The molecule has 0 N–H and O–H groups in total. The van der Waals surface area contributed by atoms with E-state index in [4.69, 9.17) is 9.16 Å². The fraction of sp³-hybridized carbons (Fsp3) is 0.500. The maximum atomic E-state index is 6.10. The van der Waals surface area contributed by atoms with Gasteiger partial charge in [0.15, 0.2) is 5.75 Å². The van der Waals surface area contributed by atoms with Crippen LogP contribution in [0.4, 0.5) is 0 Å². The van der Waals surface area contributed by atoms with E-state index in [0.717, 1.165) is 11.5 Å². The Morgan fingerprint density at radius 3 is 2.07 bits per heavy atom. The highest BCUT2D eigenvalue weighted by Gasteiger charge is 2.29. The van der Waals surface area contributed by atoms with E-state index in [2.05, 4.69) is 26.9 Å². The Morgan fingerprint density at radius 1 is 1.07 bits per heavy atom. The molecule has 0 aliphatic rings. The van der Waals surface area contributed by atoms with E-state index in [0.29, 0.717) is 5.54 Å². The highest BCUT2D eigenvalue weighted by molar-refractivity contribution is 6.73. The van der Waals surface area contributed by atoms with Crippen LogP contribution in [-0.2, 0) is 0 Å². The first-order valence-electron chi connectivity index (χ1n) is 5.29. The van der Waals surface area contributed by atoms with Crippen molar-refractivity contribution < 1.29 is 9.16 Å². The Hall–Kier alpha value is -0.963. The lowest BCUT2D eigenvalue weighted by molar-refractivity contribution is 0.390. The largest absolute Gasteiger partial charge is 0.541 e. The second-order valence-corrected chi connectivity index (χ2v) is 9.08. The first-order valence-corrected chi connectivity index (χ1v) is 8.28. The summed E-state index contributed by atoms with van der Waals surface area (Å²) < 4.78 is 11.4. The van der Waals surface area contributed by atoms with Crippen molar-refractivity contribution in [3.63, 3.8) is 0 Å². The molecule has 84 valence electrons. The minimum atomic E-state index is -1.65. The van der Waals surface area contributed by atoms with Crippen LogP contribution in [0.1, 0.15) is 13.8 Å². The van der Waals surface area contributed by atoms with E-state index in [-0.39, 0.29) is 0 Å². The van der Waals surface area contributed by atoms with Gasteiger partial charge in [-0.25, -0.2) is 0 Å². The van der Waals surface area contributed by atoms with E-state index in [9.17, 15) is 0 Å². The van der Waals surface area contributed by atoms with Gasteiger partial charge in [0, 0.05) is 0 Å². The Balaban J connectivity index is 2.89. The molecule has 1 aromatic carbocycles. The topological polar surface area (TPSA) is 18.5 Å². The van der Waals surface area contributed by atoms with E-state index in [1.165, 1.54) is 0 Å². The summed E-state index contributed by atoms with van der Waals surface area (Å²) in [6.45, 7) is 8.87. The molecule has 0 bridgehead atoms. The van der Waals surface area contributed by atoms with Gasteiger partial charge in [-0.05, 0) is 30.8 Å². The third-order valence-corrected chi connectivity index (χ3v) is 6.36. The fourth-order valence-electron chi connectivity index (χ4n) is 1.10. The summed E-state index contributed by atoms with van der Waals surface area (Å²) in [5, 5.41) is 0. The first-order chi connectivity index (χ1) is 6.97. The maximum absolute atomic E-state index is 6.10. The van der Waals surface area contributed by atoms with Crippen molar-refractivity contribution in [2.45, 2.75) is 32.5 Å². The quantitative estimate of drug-likeness (QED) is 0.726. The lowest BCUT2D eigenvalue weighted by atomic mass is 10.3. The van der Waals surface area contributed by atoms with Crippen LogP contribution in [0, 0.1) is 0 Å². The molecule has 0 heterocycles. The molecular formula is C12H20O2Si. The molecule has 1 rings (SSSR count). The number of methoxy groups -OCH3 is 1. The van der Waals surface area contributed by atoms with Gasteiger partial charge in [0.1, 0.15) is 5.75 Å². The van der Waals surface area contributed by atoms with E-state index in [1.807, 2.05) is 24.3 Å². The van der Waals surface area contributed by atoms with E-state index >= 15 is 0 Å². The third kappa shape index (κ3) is 2.99. The lowest BCUT2D eigenvalue weighted by Gasteiger charge is -2.28. The summed E-state index contributed by atoms with van der Waals surface area (Å²) >= 11 is 0. The van der Waals surface area contributed by atoms with Gasteiger partial charge < -0.3 is 9.16 Å². The monoisotopic (exact) mass is 224 g/mol. The summed E-state index contributed by atoms with van der Waals surface area (Å²) in [4.78, 5) is 0. The van der Waals surface area contributed by atoms with Gasteiger partial charge in [0.05, 0.1) is 7.11 Å². The van der Waals surface area contributed by atoms with Crippen molar-refractivity contribution in [1.82, 2.24) is 0 Å². The van der Waals surface area contributed by atoms with Crippen molar-refractivity contribution in [3.8, 4) is 11.5 Å². The van der Waals surface area contributed by atoms with Crippen LogP contribution < -0.4 is 9.16 Å². The molecule has 0 atom stereocenters. The normalized spacial score (nSPS) is 11.6. The molecule has 0 unspecified atom stereocenters. The van der Waals surface area contributed by atoms with Crippen LogP contribution in [-0.4, -0.2) is 15.4 Å². The van der Waals surface area contributed by atoms with Gasteiger partial charge in [0.25, 0.3) is 0 Å². The van der Waals surface area contributed by atoms with Gasteiger partial charge in [-0.3, -0.25) is 0 Å². The molecule has 1 aromatic rings. The lowest BCUT2D eigenvalue weighted by Crippen LogP contribution is -2.37. The second kappa shape index (κ2) is 4.70. The molecule has 0 saturated carbocycles. The minimum absolute atomic E-state index is 0.586. The molecule has 0 aliphatic carbocycles. The Labute approximate surface area is 93.4 Å². The molecular weight excluding hydrogens is 204 g/mol. The number of ether oxygens (including phenoxy) is 1. The fourth-order valence-corrected chi connectivity index (χ4v) is 2.08. The van der Waals surface area contributed by atoms with Crippen LogP contribution in [0.2, 0.25) is 18.6 Å². The molecule has 0 fully saturated rings. The molecule has 0 amide bonds. The zero-order chi connectivity index (χ0) is 11.5. The van der Waals surface area contributed by atoms with Crippen molar-refractivity contribution in [1.29, 1.82) is 0 Å². The molecule has 3 heteroatoms. The molecule has 0 radical (unpaired) electrons. The maximum Gasteiger partial charge on any atom is 0.247 e. The Bertz CT molecular complexity index is 321. The van der Waals surface area contributed by atoms with Gasteiger partial charge in [-0.1, -0.05) is 26.0 Å². The average molecular weight is 224 g/mol. The highest BCUT2D eigenvalue weighted by atomic mass is 28.4. The van der Waals surface area contributed by atoms with Crippen LogP contribution >= 0.6 is 0 Å². The predicted molar refractivity (Wildman–Crippen MR) is 66.2 cm³/mol. The number of benzene rings is 1. The number of para-hydroxylation sites is 2. The summed E-state index contributed by atoms with van der Waals surface area (Å²) in [6.07, 6.45) is 0. The molecule has 15 heavy (non-hydrogen) atoms. The molecule has 0 saturated heterocycles. The summed E-state index contributed by atoms with van der Waals surface area (Å²) in [7, 11) is 0.0236. The smallest absolute Gasteiger partial charge is 0.247 e. The third-order valence-electron chi connectivity index (χ3n) is 2.83. The minimum Gasteiger partial charge on any atom is -0.541 e. The van der Waals surface area contributed by atoms with E-state index < -0.39 is 8.32 Å². The Kier molecular flexibility index (Phi) is 3.80. The van der Waals surface area contributed by atoms with Crippen LogP contribution in [0.5, 0.6) is 11.5 Å². The second-order valence-electron chi connectivity index (χ2n) is 4.51. The van der Waals surface area contributed by atoms with Gasteiger partial charge >= 0.3 is 0 Å². The summed E-state index contributed by atoms with van der Waals surface area (Å²) in [6, 6.07) is 7.83. The zero-order valence-electron chi connectivity index (χ0n) is 10.2. The number of rotatable bonds is 4. The van der Waals surface area contributed by atoms with Crippen LogP contribution in [0.25, 0.3) is 0 Å². The van der Waals surface area contributed by atoms with Crippen molar-refractivity contribution in [2.75, 3.05) is 7.11 Å². The first kappa shape index (κ1) is 12.1. The predicted octanol–water partition coefficient (Wildman–Crippen LogP) is 3.69. The number of hydrogen-bond donors (Lipinski definition) is 0. The van der Waals surface area contributed by atoms with Gasteiger partial charge in [-0.2, -0.15) is 0 Å². The molecule has 0 spiro atoms. The highest BCUT2D eigenvalue weighted by Crippen LogP contribution is 2.31. The van der Waals surface area contributed by atoms with Crippen LogP contribution in [0.3, 0.4) is 0 Å². The molecule has 0 aliphatic heterocycles. The summed E-state index contributed by atoms with van der Waals surface area (Å²) in [5.41, 5.74) is 0.586. The van der Waals surface area contributed by atoms with Crippen molar-refractivity contribution in [2.24, 2.45) is 0 Å². The van der Waals surface area contributed by atoms with Crippen molar-refractivity contribution >= 4 is 8.32 Å². The molecule has 2 nitrogen and oxygen atoms in total. The molecule has 0 aromatic heterocycles. The van der Waals surface area contributed by atoms with Gasteiger partial charge in [0.2, 0.25) is 8.32 Å². The summed E-state index contributed by atoms with van der Waals surface area (Å²) in [5.74, 6) is 1.68. The van der Waals surface area contributed by atoms with Crippen molar-refractivity contribution in [3.05, 3.63) is 24.3 Å². The average Bonchev–Trinajstić information content (AvgIpc) is 2.18. The van der Waals surface area contributed by atoms with E-state index in [1.54, 1.807) is 7.11 Å². The zero-order valence-corrected chi connectivity index (χ0v) is 11.2. The Morgan fingerprint density at radius 2 is 1.60 bits per heavy atom. The SMILES string of the molecule is COc1ccccc1O[Si](C)(C)C(C)C. The van der Waals surface area contributed by atoms with Gasteiger partial charge in [-0.15, -0.1) is 0 Å². The number of hydrogen-bond acceptors (Lipinski definition) is 2.